The number of hydrogen-bond donors (Lipinski definition) is 2. The van der Waals surface area contributed by atoms with Crippen molar-refractivity contribution in [3.8, 4) is 33.8 Å². The third-order valence-corrected chi connectivity index (χ3v) is 23.3. The summed E-state index contributed by atoms with van der Waals surface area (Å²) in [5.41, 5.74) is 16.2. The van der Waals surface area contributed by atoms with Crippen LogP contribution < -0.4 is 20.9 Å². The van der Waals surface area contributed by atoms with Crippen LogP contribution in [0.4, 0.5) is 13.2 Å². The number of hydrogen-bond acceptors (Lipinski definition) is 16. The number of piperazine rings is 6. The number of carbonyl (C=O) groups is 6. The molecular weight excluding hydrogens is 1680 g/mol. The summed E-state index contributed by atoms with van der Waals surface area (Å²) in [6.45, 7) is 26.3. The number of esters is 4. The maximum atomic E-state index is 14.0. The fraction of sp³-hybridized carbons (Fsp3) is 0.432. The number of fused-ring (bicyclic) bond motifs is 6. The minimum atomic E-state index is -6.09. The van der Waals surface area contributed by atoms with Crippen molar-refractivity contribution < 1.29 is 96.8 Å². The lowest BCUT2D eigenvalue weighted by molar-refractivity contribution is -1.08. The zero-order valence-electron chi connectivity index (χ0n) is 68.0. The van der Waals surface area contributed by atoms with E-state index in [1.807, 2.05) is 175 Å². The Labute approximate surface area is 728 Å². The van der Waals surface area contributed by atoms with Gasteiger partial charge in [-0.25, -0.2) is 8.42 Å². The van der Waals surface area contributed by atoms with Crippen molar-refractivity contribution in [2.45, 2.75) is 138 Å². The second-order valence-electron chi connectivity index (χ2n) is 32.8. The molecule has 21 nitrogen and oxygen atoms in total. The van der Waals surface area contributed by atoms with Crippen LogP contribution in [0.1, 0.15) is 116 Å². The highest BCUT2D eigenvalue weighted by Crippen LogP contribution is 2.35. The molecule has 2 amide bonds. The Morgan fingerprint density at radius 3 is 0.950 bits per heavy atom. The van der Waals surface area contributed by atoms with Crippen LogP contribution in [0.3, 0.4) is 0 Å². The van der Waals surface area contributed by atoms with Crippen LogP contribution in [-0.2, 0) is 108 Å². The first-order valence-electron chi connectivity index (χ1n) is 39.4. The molecule has 658 valence electrons. The molecule has 4 atom stereocenters. The molecule has 121 heavy (non-hydrogen) atoms. The number of nitrogens with two attached hydrogens (primary N) is 2. The fourth-order valence-corrected chi connectivity index (χ4v) is 15.7. The molecule has 4 N–H and O–H groups in total. The zero-order chi connectivity index (χ0) is 84.8. The van der Waals surface area contributed by atoms with E-state index in [2.05, 4.69) is 100 Å². The molecule has 0 spiro atoms. The predicted molar refractivity (Wildman–Crippen MR) is 476 cm³/mol. The first-order valence-corrected chi connectivity index (χ1v) is 42.3. The molecule has 0 aliphatic carbocycles. The molecule has 0 unspecified atom stereocenters. The fourth-order valence-electron chi connectivity index (χ4n) is 15.2. The molecule has 26 heteroatoms. The molecule has 6 aliphatic heterocycles. The highest BCUT2D eigenvalue weighted by atomic mass is 127. The zero-order valence-corrected chi connectivity index (χ0v) is 71.0. The monoisotopic (exact) mass is 1810 g/mol. The lowest BCUT2D eigenvalue weighted by Crippen LogP contribution is -2.75. The maximum Gasteiger partial charge on any atom is 0.485 e. The molecule has 14 rings (SSSR count). The Morgan fingerprint density at radius 2 is 0.669 bits per heavy atom. The van der Waals surface area contributed by atoms with Gasteiger partial charge in [-0.1, -0.05) is 234 Å². The standard InChI is InChI=1S/C45H54N3O6.C37H39IO5.C8H15N3O.CHF3O3S.4CH4/c1-45(2,3)54-44(51)41(40(28-33-8-6-5-7-9-33)43(50)53-32-36-14-20-39(52-4)21-15-36)29-34-10-16-37(17-11-34)38-18-12-35(13-19-38)30-47-22-25-48(26-23-47,27-24-47)31-42(46)49;1-37(2,3)43-36(40)34(23-27-10-16-30(17-11-27)31-18-12-28(24-38)13-19-31)33(22-26-8-6-5-7-9-26)35(39)42-25-29-14-20-32(41-4)21-15-29;9-8(12)7-11-4-1-10(2-5-11)3-6-11;2-1(3,4)8(5,6)7;;;;/h5-21,40-41H,22-32H2,1-4H3,(H-,46,49);5-21,33-34H,22-25H2,1-4H3;1-7H2,(H-,9,12);(H,5,6,7);4*1H4/q+1;;;;;;;/p+1/t40-,41+,47?,48?;33-,34+;;;;;;/m11....../s1. The summed E-state index contributed by atoms with van der Waals surface area (Å²) in [6, 6.07) is 68.0. The van der Waals surface area contributed by atoms with E-state index in [0.29, 0.717) is 38.8 Å². The number of carbonyl (C=O) groups excluding carboxylic acids is 6. The van der Waals surface area contributed by atoms with Gasteiger partial charge in [0.05, 0.1) is 57.5 Å². The molecule has 0 saturated carbocycles. The average Bonchev–Trinajstić information content (AvgIpc) is 0.753. The summed E-state index contributed by atoms with van der Waals surface area (Å²) in [6.07, 6.45) is 1.36. The van der Waals surface area contributed by atoms with Gasteiger partial charge in [0.15, 0.2) is 23.2 Å². The van der Waals surface area contributed by atoms with Gasteiger partial charge in [0, 0.05) is 29.6 Å². The van der Waals surface area contributed by atoms with Gasteiger partial charge in [0.2, 0.25) is 0 Å². The number of rotatable bonds is 29. The largest absolute Gasteiger partial charge is 0.741 e. The lowest BCUT2D eigenvalue weighted by atomic mass is 9.82. The van der Waals surface area contributed by atoms with Gasteiger partial charge in [0.25, 0.3) is 11.8 Å². The Morgan fingerprint density at radius 1 is 0.405 bits per heavy atom. The molecule has 6 aliphatic rings. The van der Waals surface area contributed by atoms with Crippen LogP contribution in [0.2, 0.25) is 0 Å². The number of ether oxygens (including phenoxy) is 6. The van der Waals surface area contributed by atoms with Crippen molar-refractivity contribution in [1.29, 1.82) is 0 Å². The second-order valence-corrected chi connectivity index (χ2v) is 34.9. The number of halogens is 4. The number of benzene rings is 8. The van der Waals surface area contributed by atoms with E-state index >= 15 is 0 Å². The topological polar surface area (TPSA) is 270 Å². The third-order valence-electron chi connectivity index (χ3n) is 21.8. The van der Waals surface area contributed by atoms with Gasteiger partial charge in [0.1, 0.15) is 81.7 Å². The van der Waals surface area contributed by atoms with E-state index < -0.39 is 74.4 Å². The van der Waals surface area contributed by atoms with Crippen LogP contribution in [0.25, 0.3) is 22.3 Å². The lowest BCUT2D eigenvalue weighted by Gasteiger charge is -2.55. The maximum absolute atomic E-state index is 14.0. The summed E-state index contributed by atoms with van der Waals surface area (Å²) in [7, 11) is -2.87. The summed E-state index contributed by atoms with van der Waals surface area (Å²) >= 11 is 2.36. The Bertz CT molecular complexity index is 4640. The first-order chi connectivity index (χ1) is 55.4. The molecule has 4 bridgehead atoms. The smallest absolute Gasteiger partial charge is 0.485 e. The molecule has 0 aromatic heterocycles. The molecular formula is C95H126F3IN6O15S+2. The van der Waals surface area contributed by atoms with Gasteiger partial charge in [-0.15, -0.1) is 0 Å². The Kier molecular flexibility index (Phi) is 38.8. The first kappa shape index (κ1) is 102. The van der Waals surface area contributed by atoms with Crippen LogP contribution in [-0.4, -0.2) is 190 Å². The molecule has 8 aromatic rings. The summed E-state index contributed by atoms with van der Waals surface area (Å²) in [5, 5.41) is 0. The van der Waals surface area contributed by atoms with Crippen LogP contribution in [0, 0.1) is 23.7 Å². The van der Waals surface area contributed by atoms with Crippen LogP contribution in [0.15, 0.2) is 206 Å². The minimum Gasteiger partial charge on any atom is -0.741 e. The highest BCUT2D eigenvalue weighted by Gasteiger charge is 2.50. The minimum absolute atomic E-state index is 0. The SMILES string of the molecule is C.C.C.C.COc1ccc(COC(=O)[C@H](Cc2ccccc2)[C@H](Cc2ccc(-c3ccc(CI)cc3)cc2)C(=O)OC(C)(C)C)cc1.COc1ccc(COC(=O)[C@H](Cc2ccccc2)[C@H](Cc2ccc(-c3ccc(C[N+]45CC[N+](CC(N)=O)(CC4)CC5)cc3)cc2)C(=O)OC(C)(C)C)cc1.NC(=O)C[N+]12CCN(CC1)CC2.O=S(=O)([O-])C(F)(F)F. The van der Waals surface area contributed by atoms with Gasteiger partial charge in [-0.05, 0) is 153 Å². The Hall–Kier alpha value is -9.55. The summed E-state index contributed by atoms with van der Waals surface area (Å²) in [5.74, 6) is -3.61. The Balaban J connectivity index is 0.000000344. The van der Waals surface area contributed by atoms with E-state index in [1.165, 1.54) is 11.1 Å². The number of quaternary nitrogens is 3. The average molecular weight is 1810 g/mol. The van der Waals surface area contributed by atoms with Gasteiger partial charge in [-0.3, -0.25) is 33.7 Å². The quantitative estimate of drug-likeness (QED) is 0.00839. The van der Waals surface area contributed by atoms with E-state index in [-0.39, 0.29) is 54.7 Å². The van der Waals surface area contributed by atoms with E-state index in [4.69, 9.17) is 52.9 Å². The number of alkyl halides is 4. The molecule has 6 heterocycles. The molecule has 0 radical (unpaired) electrons. The van der Waals surface area contributed by atoms with E-state index in [9.17, 15) is 41.9 Å². The van der Waals surface area contributed by atoms with Crippen molar-refractivity contribution in [3.05, 3.63) is 251 Å². The molecule has 8 aromatic carbocycles. The molecule has 6 fully saturated rings. The highest BCUT2D eigenvalue weighted by molar-refractivity contribution is 14.1. The van der Waals surface area contributed by atoms with Gasteiger partial charge < -0.3 is 57.9 Å². The van der Waals surface area contributed by atoms with Crippen LogP contribution >= 0.6 is 22.6 Å². The van der Waals surface area contributed by atoms with E-state index in [1.54, 1.807) is 14.2 Å². The van der Waals surface area contributed by atoms with Crippen molar-refractivity contribution in [1.82, 2.24) is 4.90 Å². The summed E-state index contributed by atoms with van der Waals surface area (Å²) in [4.78, 5) is 80.4. The number of amides is 2. The number of methoxy groups -OCH3 is 2. The number of nitrogens with zero attached hydrogens (tertiary/aromatic N) is 4. The predicted octanol–water partition coefficient (Wildman–Crippen LogP) is 15.7. The van der Waals surface area contributed by atoms with Crippen molar-refractivity contribution in [3.63, 3.8) is 0 Å². The third kappa shape index (κ3) is 31.4. The van der Waals surface area contributed by atoms with Crippen LogP contribution in [0.5, 0.6) is 11.5 Å². The van der Waals surface area contributed by atoms with Gasteiger partial charge >= 0.3 is 29.4 Å². The van der Waals surface area contributed by atoms with Gasteiger partial charge in [-0.2, -0.15) is 13.2 Å². The van der Waals surface area contributed by atoms with Crippen molar-refractivity contribution in [2.75, 3.05) is 106 Å². The van der Waals surface area contributed by atoms with E-state index in [0.717, 1.165) is 170 Å². The number of primary amides is 2. The summed E-state index contributed by atoms with van der Waals surface area (Å²) < 4.78 is 96.8. The van der Waals surface area contributed by atoms with Crippen molar-refractivity contribution in [2.24, 2.45) is 35.1 Å². The molecule has 6 saturated heterocycles. The second kappa shape index (κ2) is 46.1. The van der Waals surface area contributed by atoms with Crippen molar-refractivity contribution >= 4 is 68.4 Å². The normalized spacial score (nSPS) is 18.5.